The van der Waals surface area contributed by atoms with Crippen LogP contribution in [0.5, 0.6) is 0 Å². The van der Waals surface area contributed by atoms with Crippen LogP contribution in [0.3, 0.4) is 0 Å². The Balaban J connectivity index is -0.000000108. The van der Waals surface area contributed by atoms with E-state index >= 15 is 0 Å². The van der Waals surface area contributed by atoms with Crippen LogP contribution >= 0.6 is 0 Å². The van der Waals surface area contributed by atoms with E-state index in [1.54, 1.807) is 0 Å². The van der Waals surface area contributed by atoms with Crippen LogP contribution in [0.2, 0.25) is 0 Å². The second-order valence-electron chi connectivity index (χ2n) is 4.10. The third kappa shape index (κ3) is 51.5. The van der Waals surface area contributed by atoms with Gasteiger partial charge in [-0.3, -0.25) is 14.4 Å². The number of hydrogen-bond donors (Lipinski definition) is 0. The predicted octanol–water partition coefficient (Wildman–Crippen LogP) is -0.484. The first kappa shape index (κ1) is 28.5. The fourth-order valence-electron chi connectivity index (χ4n) is 0.859. The number of rotatable bonds is 3. The molecule has 0 aliphatic heterocycles. The van der Waals surface area contributed by atoms with Gasteiger partial charge in [-0.25, -0.2) is 0 Å². The number of carbonyl (C=O) groups is 3. The molecule has 0 aromatic rings. The summed E-state index contributed by atoms with van der Waals surface area (Å²) in [5.74, 6) is -1.12. The van der Waals surface area contributed by atoms with Crippen LogP contribution in [0.15, 0.2) is 35.5 Å². The fraction of sp³-hybridized carbons (Fsp3) is 0.400. The minimum Gasteiger partial charge on any atom is -0.876 e. The Morgan fingerprint density at radius 3 is 0.682 bits per heavy atom. The molecular weight excluding hydrogens is 473 g/mol. The maximum Gasteiger partial charge on any atom is 3.00 e. The summed E-state index contributed by atoms with van der Waals surface area (Å²) in [7, 11) is 0. The van der Waals surface area contributed by atoms with E-state index in [2.05, 4.69) is 0 Å². The summed E-state index contributed by atoms with van der Waals surface area (Å²) in [6, 6.07) is 0. The van der Waals surface area contributed by atoms with Crippen molar-refractivity contribution in [3.8, 4) is 0 Å². The summed E-state index contributed by atoms with van der Waals surface area (Å²) in [5, 5.41) is 29.9. The van der Waals surface area contributed by atoms with E-state index in [0.29, 0.717) is 0 Å². The van der Waals surface area contributed by atoms with Crippen LogP contribution in [0, 0.1) is 0 Å². The molecule has 22 heavy (non-hydrogen) atoms. The van der Waals surface area contributed by atoms with Crippen molar-refractivity contribution in [2.75, 3.05) is 0 Å². The topological polar surface area (TPSA) is 120 Å². The Morgan fingerprint density at radius 1 is 0.545 bits per heavy atom. The zero-order valence-corrected chi connectivity index (χ0v) is 15.6. The summed E-state index contributed by atoms with van der Waals surface area (Å²) in [5.41, 5.74) is 0. The van der Waals surface area contributed by atoms with Crippen molar-refractivity contribution >= 4 is 17.3 Å². The van der Waals surface area contributed by atoms with Crippen molar-refractivity contribution in [3.05, 3.63) is 35.5 Å². The van der Waals surface area contributed by atoms with Crippen LogP contribution < -0.4 is 15.3 Å². The van der Waals surface area contributed by atoms with Crippen molar-refractivity contribution in [1.29, 1.82) is 0 Å². The van der Waals surface area contributed by atoms with Gasteiger partial charge in [-0.05, 0) is 39.0 Å². The van der Waals surface area contributed by atoms with Gasteiger partial charge in [-0.1, -0.05) is 20.8 Å². The number of ketones is 3. The number of allylic oxidation sites excluding steroid dienone is 6. The summed E-state index contributed by atoms with van der Waals surface area (Å²) in [6.45, 7) is 8.09. The van der Waals surface area contributed by atoms with Crippen LogP contribution in [-0.4, -0.2) is 17.3 Å². The summed E-state index contributed by atoms with van der Waals surface area (Å²) < 4.78 is 0. The van der Waals surface area contributed by atoms with Crippen molar-refractivity contribution in [3.63, 3.8) is 0 Å². The number of carbonyl (C=O) groups excluding carboxylic acids is 3. The van der Waals surface area contributed by atoms with Crippen molar-refractivity contribution in [2.45, 2.75) is 41.5 Å². The predicted molar refractivity (Wildman–Crippen MR) is 73.3 cm³/mol. The first-order valence-electron chi connectivity index (χ1n) is 5.96. The largest absolute Gasteiger partial charge is 3.00 e. The zero-order chi connectivity index (χ0) is 17.6. The van der Waals surface area contributed by atoms with Gasteiger partial charge in [0.25, 0.3) is 0 Å². The SMILES string of the molecule is CC(=O)/C=C(/C)[O-].CC(=O)/C=C(/C)[O-].CC(=O)/C=C(/C)[O-].[Au+3]. The molecule has 6 nitrogen and oxygen atoms in total. The Kier molecular flexibility index (Phi) is 22.6. The molecule has 0 aromatic heterocycles. The molecule has 0 heterocycles. The van der Waals surface area contributed by atoms with E-state index in [1.807, 2.05) is 0 Å². The molecule has 0 saturated heterocycles. The first-order chi connectivity index (χ1) is 9.38. The minimum atomic E-state index is -0.187. The molecule has 0 aliphatic rings. The average molecular weight is 494 g/mol. The Bertz CT molecular complexity index is 368. The second-order valence-corrected chi connectivity index (χ2v) is 4.10. The molecule has 0 bridgehead atoms. The van der Waals surface area contributed by atoms with Crippen molar-refractivity contribution in [1.82, 2.24) is 0 Å². The third-order valence-corrected chi connectivity index (χ3v) is 1.22. The Hall–Kier alpha value is -1.63. The second kappa shape index (κ2) is 17.4. The monoisotopic (exact) mass is 494 g/mol. The molecule has 0 rings (SSSR count). The van der Waals surface area contributed by atoms with Gasteiger partial charge >= 0.3 is 22.4 Å². The van der Waals surface area contributed by atoms with Gasteiger partial charge in [-0.15, -0.1) is 17.3 Å². The molecule has 0 aliphatic carbocycles. The van der Waals surface area contributed by atoms with E-state index in [4.69, 9.17) is 0 Å². The van der Waals surface area contributed by atoms with Crippen LogP contribution in [0.1, 0.15) is 41.5 Å². The van der Waals surface area contributed by atoms with Gasteiger partial charge < -0.3 is 15.3 Å². The molecule has 0 amide bonds. The standard InChI is InChI=1S/3C5H8O2.Au/c3*1-4(6)3-5(2)7;/h3*3,6H,1-2H3;/q;;;+3/p-3/b3*4-3-;. The molecule has 0 unspecified atom stereocenters. The molecule has 0 saturated carbocycles. The van der Waals surface area contributed by atoms with Gasteiger partial charge in [0.15, 0.2) is 17.3 Å². The normalized spacial score (nSPS) is 10.9. The molecule has 0 radical (unpaired) electrons. The van der Waals surface area contributed by atoms with Gasteiger partial charge in [0.05, 0.1) is 0 Å². The minimum absolute atomic E-state index is 0. The summed E-state index contributed by atoms with van der Waals surface area (Å²) >= 11 is 0. The van der Waals surface area contributed by atoms with Crippen molar-refractivity contribution < 1.29 is 52.1 Å². The molecule has 0 atom stereocenters. The third-order valence-electron chi connectivity index (χ3n) is 1.22. The maximum absolute atomic E-state index is 9.98. The van der Waals surface area contributed by atoms with E-state index in [-0.39, 0.29) is 57.0 Å². The van der Waals surface area contributed by atoms with Gasteiger partial charge in [0.1, 0.15) is 0 Å². The van der Waals surface area contributed by atoms with Crippen LogP contribution in [0.4, 0.5) is 0 Å². The van der Waals surface area contributed by atoms with Crippen molar-refractivity contribution in [2.24, 2.45) is 0 Å². The number of hydrogen-bond acceptors (Lipinski definition) is 6. The molecular formula is C15H21AuO6. The van der Waals surface area contributed by atoms with E-state index in [1.165, 1.54) is 41.5 Å². The van der Waals surface area contributed by atoms with Gasteiger partial charge in [-0.2, -0.15) is 0 Å². The maximum atomic E-state index is 9.98. The molecule has 0 N–H and O–H groups in total. The molecule has 0 spiro atoms. The average Bonchev–Trinajstić information content (AvgIpc) is 2.10. The molecule has 0 fully saturated rings. The van der Waals surface area contributed by atoms with E-state index in [9.17, 15) is 29.7 Å². The Labute approximate surface area is 146 Å². The van der Waals surface area contributed by atoms with Gasteiger partial charge in [0, 0.05) is 0 Å². The molecule has 128 valence electrons. The van der Waals surface area contributed by atoms with Crippen LogP contribution in [0.25, 0.3) is 0 Å². The Morgan fingerprint density at radius 2 is 0.682 bits per heavy atom. The zero-order valence-electron chi connectivity index (χ0n) is 13.5. The quantitative estimate of drug-likeness (QED) is 0.297. The summed E-state index contributed by atoms with van der Waals surface area (Å²) in [4.78, 5) is 29.9. The first-order valence-corrected chi connectivity index (χ1v) is 5.96. The molecule has 7 heteroatoms. The van der Waals surface area contributed by atoms with Gasteiger partial charge in [0.2, 0.25) is 0 Å². The van der Waals surface area contributed by atoms with E-state index in [0.717, 1.165) is 18.2 Å². The smallest absolute Gasteiger partial charge is 0.876 e. The fourth-order valence-corrected chi connectivity index (χ4v) is 0.859. The molecule has 0 aromatic carbocycles. The van der Waals surface area contributed by atoms with E-state index < -0.39 is 0 Å². The van der Waals surface area contributed by atoms with Crippen LogP contribution in [-0.2, 0) is 36.8 Å². The summed E-state index contributed by atoms with van der Waals surface area (Å²) in [6.07, 6.45) is 3.17.